The van der Waals surface area contributed by atoms with Crippen LogP contribution in [0.5, 0.6) is 0 Å². The highest BCUT2D eigenvalue weighted by molar-refractivity contribution is 5.97. The fourth-order valence-electron chi connectivity index (χ4n) is 1.99. The summed E-state index contributed by atoms with van der Waals surface area (Å²) in [7, 11) is 3.56. The van der Waals surface area contributed by atoms with E-state index in [9.17, 15) is 4.79 Å². The topological polar surface area (TPSA) is 58.4 Å². The van der Waals surface area contributed by atoms with E-state index >= 15 is 0 Å². The summed E-state index contributed by atoms with van der Waals surface area (Å²) in [6, 6.07) is 5.64. The fraction of sp³-hybridized carbons (Fsp3) is 0.500. The Hall–Kier alpha value is -1.39. The summed E-state index contributed by atoms with van der Waals surface area (Å²) < 4.78 is 0. The van der Waals surface area contributed by atoms with Gasteiger partial charge < -0.3 is 16.0 Å². The maximum Gasteiger partial charge on any atom is 0.244 e. The van der Waals surface area contributed by atoms with Gasteiger partial charge in [0.1, 0.15) is 0 Å². The second kappa shape index (κ2) is 6.52. The van der Waals surface area contributed by atoms with Crippen molar-refractivity contribution in [3.05, 3.63) is 29.3 Å². The second-order valence-electron chi connectivity index (χ2n) is 4.54. The third-order valence-corrected chi connectivity index (χ3v) is 3.10. The molecule has 1 atom stereocenters. The van der Waals surface area contributed by atoms with Crippen LogP contribution < -0.4 is 16.0 Å². The molecular weight excluding hydrogens is 226 g/mol. The van der Waals surface area contributed by atoms with Crippen LogP contribution in [0.15, 0.2) is 18.2 Å². The molecule has 0 saturated carbocycles. The lowest BCUT2D eigenvalue weighted by atomic mass is 10.1. The van der Waals surface area contributed by atoms with Crippen molar-refractivity contribution in [3.8, 4) is 0 Å². The lowest BCUT2D eigenvalue weighted by molar-refractivity contribution is -0.119. The molecule has 0 aliphatic carbocycles. The molecule has 0 spiro atoms. The summed E-state index contributed by atoms with van der Waals surface area (Å²) in [4.78, 5) is 13.7. The van der Waals surface area contributed by atoms with Gasteiger partial charge in [-0.15, -0.1) is 0 Å². The Kier molecular flexibility index (Phi) is 5.31. The minimum Gasteiger partial charge on any atom is -0.319 e. The van der Waals surface area contributed by atoms with Gasteiger partial charge in [0.15, 0.2) is 0 Å². The van der Waals surface area contributed by atoms with Crippen molar-refractivity contribution in [3.63, 3.8) is 0 Å². The van der Waals surface area contributed by atoms with Gasteiger partial charge in [-0.25, -0.2) is 0 Å². The molecule has 100 valence electrons. The third kappa shape index (κ3) is 3.31. The molecule has 0 saturated heterocycles. The Bertz CT molecular complexity index is 418. The zero-order valence-electron chi connectivity index (χ0n) is 11.7. The molecular formula is C14H23N3O. The summed E-state index contributed by atoms with van der Waals surface area (Å²) in [5.74, 6) is -0.0725. The van der Waals surface area contributed by atoms with Gasteiger partial charge >= 0.3 is 0 Å². The minimum absolute atomic E-state index is 0.0725. The number of benzene rings is 1. The van der Waals surface area contributed by atoms with Gasteiger partial charge in [0.2, 0.25) is 5.91 Å². The quantitative estimate of drug-likeness (QED) is 0.820. The first-order chi connectivity index (χ1) is 8.51. The first-order valence-corrected chi connectivity index (χ1v) is 6.28. The van der Waals surface area contributed by atoms with Gasteiger partial charge in [-0.1, -0.05) is 19.1 Å². The maximum absolute atomic E-state index is 12.1. The van der Waals surface area contributed by atoms with Gasteiger partial charge in [-0.3, -0.25) is 4.79 Å². The largest absolute Gasteiger partial charge is 0.319 e. The normalized spacial score (nSPS) is 12.3. The molecule has 1 rings (SSSR count). The molecule has 0 radical (unpaired) electrons. The third-order valence-electron chi connectivity index (χ3n) is 3.10. The fourth-order valence-corrected chi connectivity index (χ4v) is 1.99. The van der Waals surface area contributed by atoms with Crippen LogP contribution in [0, 0.1) is 6.92 Å². The number of carbonyl (C=O) groups excluding carboxylic acids is 1. The molecule has 0 aliphatic heterocycles. The van der Waals surface area contributed by atoms with E-state index in [1.54, 1.807) is 19.0 Å². The van der Waals surface area contributed by atoms with Crippen molar-refractivity contribution in [2.24, 2.45) is 5.73 Å². The molecule has 4 heteroatoms. The number of anilines is 1. The summed E-state index contributed by atoms with van der Waals surface area (Å²) >= 11 is 0. The average Bonchev–Trinajstić information content (AvgIpc) is 2.37. The molecule has 0 aromatic heterocycles. The average molecular weight is 249 g/mol. The lowest BCUT2D eigenvalue weighted by Crippen LogP contribution is -2.47. The second-order valence-corrected chi connectivity index (χ2v) is 4.54. The van der Waals surface area contributed by atoms with Crippen molar-refractivity contribution in [2.45, 2.75) is 26.3 Å². The van der Waals surface area contributed by atoms with E-state index in [-0.39, 0.29) is 5.91 Å². The number of rotatable bonds is 5. The van der Waals surface area contributed by atoms with E-state index in [2.05, 4.69) is 24.4 Å². The van der Waals surface area contributed by atoms with E-state index < -0.39 is 6.04 Å². The summed E-state index contributed by atoms with van der Waals surface area (Å²) in [5, 5.41) is 2.92. The Morgan fingerprint density at radius 2 is 2.17 bits per heavy atom. The molecule has 3 N–H and O–H groups in total. The van der Waals surface area contributed by atoms with Crippen LogP contribution in [0.1, 0.15) is 18.1 Å². The number of likely N-dealkylation sites (N-methyl/N-ethyl adjacent to an activating group) is 2. The molecule has 1 aromatic rings. The maximum atomic E-state index is 12.1. The summed E-state index contributed by atoms with van der Waals surface area (Å²) in [6.45, 7) is 4.61. The van der Waals surface area contributed by atoms with Gasteiger partial charge in [0.25, 0.3) is 0 Å². The predicted octanol–water partition coefficient (Wildman–Crippen LogP) is 1.07. The number of aryl methyl sites for hydroxylation is 2. The Morgan fingerprint density at radius 1 is 1.50 bits per heavy atom. The van der Waals surface area contributed by atoms with E-state index in [0.29, 0.717) is 6.54 Å². The standard InChI is InChI=1S/C14H23N3O/c1-5-11-6-7-13(10(2)8-11)17(4)14(18)12(15)9-16-3/h6-8,12,16H,5,9,15H2,1-4H3. The SMILES string of the molecule is CCc1ccc(N(C)C(=O)C(N)CNC)c(C)c1. The molecule has 1 unspecified atom stereocenters. The van der Waals surface area contributed by atoms with Gasteiger partial charge in [0.05, 0.1) is 6.04 Å². The Morgan fingerprint density at radius 3 is 2.67 bits per heavy atom. The number of hydrogen-bond donors (Lipinski definition) is 2. The van der Waals surface area contributed by atoms with E-state index in [0.717, 1.165) is 17.7 Å². The van der Waals surface area contributed by atoms with Crippen molar-refractivity contribution in [2.75, 3.05) is 25.5 Å². The number of carbonyl (C=O) groups is 1. The predicted molar refractivity (Wildman–Crippen MR) is 75.9 cm³/mol. The monoisotopic (exact) mass is 249 g/mol. The number of nitrogens with one attached hydrogen (secondary N) is 1. The van der Waals surface area contributed by atoms with Crippen LogP contribution in [0.2, 0.25) is 0 Å². The van der Waals surface area contributed by atoms with E-state index in [1.165, 1.54) is 5.56 Å². The molecule has 0 bridgehead atoms. The number of hydrogen-bond acceptors (Lipinski definition) is 3. The number of amides is 1. The van der Waals surface area contributed by atoms with Crippen molar-refractivity contribution in [1.82, 2.24) is 5.32 Å². The smallest absolute Gasteiger partial charge is 0.244 e. The summed E-state index contributed by atoms with van der Waals surface area (Å²) in [5.41, 5.74) is 9.11. The Labute approximate surface area is 109 Å². The van der Waals surface area contributed by atoms with E-state index in [1.807, 2.05) is 13.0 Å². The van der Waals surface area contributed by atoms with E-state index in [4.69, 9.17) is 5.73 Å². The molecule has 0 fully saturated rings. The van der Waals surface area contributed by atoms with Gasteiger partial charge in [-0.05, 0) is 37.6 Å². The van der Waals surface area contributed by atoms with Crippen LogP contribution in [0.4, 0.5) is 5.69 Å². The molecule has 0 heterocycles. The highest BCUT2D eigenvalue weighted by Gasteiger charge is 2.19. The van der Waals surface area contributed by atoms with Crippen LogP contribution in [-0.4, -0.2) is 32.6 Å². The Balaban J connectivity index is 2.89. The van der Waals surface area contributed by atoms with Crippen molar-refractivity contribution >= 4 is 11.6 Å². The van der Waals surface area contributed by atoms with Crippen LogP contribution in [0.25, 0.3) is 0 Å². The summed E-state index contributed by atoms with van der Waals surface area (Å²) in [6.07, 6.45) is 0.998. The van der Waals surface area contributed by atoms with Crippen LogP contribution in [-0.2, 0) is 11.2 Å². The van der Waals surface area contributed by atoms with Crippen LogP contribution >= 0.6 is 0 Å². The molecule has 4 nitrogen and oxygen atoms in total. The number of nitrogens with zero attached hydrogens (tertiary/aromatic N) is 1. The zero-order valence-corrected chi connectivity index (χ0v) is 11.7. The number of nitrogens with two attached hydrogens (primary N) is 1. The first-order valence-electron chi connectivity index (χ1n) is 6.28. The molecule has 18 heavy (non-hydrogen) atoms. The first kappa shape index (κ1) is 14.7. The van der Waals surface area contributed by atoms with Crippen LogP contribution in [0.3, 0.4) is 0 Å². The molecule has 1 amide bonds. The highest BCUT2D eigenvalue weighted by Crippen LogP contribution is 2.21. The minimum atomic E-state index is -0.509. The van der Waals surface area contributed by atoms with Gasteiger partial charge in [0, 0.05) is 19.3 Å². The van der Waals surface area contributed by atoms with Crippen molar-refractivity contribution in [1.29, 1.82) is 0 Å². The highest BCUT2D eigenvalue weighted by atomic mass is 16.2. The van der Waals surface area contributed by atoms with Gasteiger partial charge in [-0.2, -0.15) is 0 Å². The molecule has 1 aromatic carbocycles. The zero-order chi connectivity index (χ0) is 13.7. The lowest BCUT2D eigenvalue weighted by Gasteiger charge is -2.23. The van der Waals surface area contributed by atoms with Crippen molar-refractivity contribution < 1.29 is 4.79 Å². The molecule has 0 aliphatic rings.